The molecule has 1 atom stereocenters. The number of thioether (sulfide) groups is 2. The van der Waals surface area contributed by atoms with Crippen molar-refractivity contribution in [1.82, 2.24) is 4.90 Å². The van der Waals surface area contributed by atoms with Gasteiger partial charge in [0.05, 0.1) is 19.4 Å². The van der Waals surface area contributed by atoms with Crippen molar-refractivity contribution in [2.45, 2.75) is 24.7 Å². The number of allylic oxidation sites excluding steroid dienone is 1. The minimum atomic E-state index is -0.973. The van der Waals surface area contributed by atoms with Crippen LogP contribution in [0.1, 0.15) is 19.4 Å². The van der Waals surface area contributed by atoms with Crippen LogP contribution in [0.2, 0.25) is 5.02 Å². The molecule has 0 fully saturated rings. The average Bonchev–Trinajstić information content (AvgIpc) is 3.34. The Hall–Kier alpha value is -2.62. The minimum Gasteiger partial charge on any atom is -0.464 e. The number of esters is 2. The van der Waals surface area contributed by atoms with Crippen molar-refractivity contribution in [3.8, 4) is 0 Å². The van der Waals surface area contributed by atoms with Crippen LogP contribution in [0.25, 0.3) is 0 Å². The quantitative estimate of drug-likeness (QED) is 0.508. The number of nitrogens with zero attached hydrogens (tertiary/aromatic N) is 3. The smallest absolute Gasteiger partial charge is 0.365 e. The lowest BCUT2D eigenvalue weighted by Gasteiger charge is -2.41. The monoisotopic (exact) mass is 503 g/mol. The number of halogens is 1. The van der Waals surface area contributed by atoms with Gasteiger partial charge in [-0.05, 0) is 55.4 Å². The number of methoxy groups -OCH3 is 1. The van der Waals surface area contributed by atoms with Crippen LogP contribution < -0.4 is 5.01 Å². The average molecular weight is 504 g/mol. The Balaban J connectivity index is 1.83. The minimum absolute atomic E-state index is 0.191. The maximum absolute atomic E-state index is 12.9. The molecular formula is C23H22ClN3O4S2. The Morgan fingerprint density at radius 2 is 1.76 bits per heavy atom. The molecule has 10 heteroatoms. The van der Waals surface area contributed by atoms with Crippen molar-refractivity contribution in [2.75, 3.05) is 18.7 Å². The van der Waals surface area contributed by atoms with Gasteiger partial charge in [0.25, 0.3) is 0 Å². The van der Waals surface area contributed by atoms with E-state index in [4.69, 9.17) is 21.1 Å². The molecular weight excluding hydrogens is 482 g/mol. The third-order valence-corrected chi connectivity index (χ3v) is 8.25. The standard InChI is InChI=1S/C23H22ClN3O4S2/c1-4-31-21(28)19-15(2)26(14-16-8-6-5-7-9-16)23(32-19)27(18-12-10-17(24)11-13-18)25-20(33-23)22(29)30-3/h5-13H,4,14H2,1-3H3. The highest BCUT2D eigenvalue weighted by Crippen LogP contribution is 2.59. The number of rotatable bonds is 6. The number of hydrazone groups is 1. The molecule has 2 aromatic rings. The molecule has 1 spiro atoms. The molecule has 0 saturated carbocycles. The summed E-state index contributed by atoms with van der Waals surface area (Å²) in [5.74, 6) is -0.948. The van der Waals surface area contributed by atoms with Gasteiger partial charge in [0.15, 0.2) is 0 Å². The molecule has 33 heavy (non-hydrogen) atoms. The number of carbonyl (C=O) groups excluding carboxylic acids is 2. The number of ether oxygens (including phenoxy) is 2. The van der Waals surface area contributed by atoms with Gasteiger partial charge in [-0.1, -0.05) is 53.7 Å². The van der Waals surface area contributed by atoms with E-state index in [9.17, 15) is 9.59 Å². The zero-order chi connectivity index (χ0) is 23.6. The fraction of sp³-hybridized carbons (Fsp3) is 0.261. The highest BCUT2D eigenvalue weighted by atomic mass is 35.5. The van der Waals surface area contributed by atoms with E-state index in [1.165, 1.54) is 30.6 Å². The maximum atomic E-state index is 12.9. The number of carbonyl (C=O) groups is 2. The third-order valence-electron chi connectivity index (χ3n) is 5.07. The molecule has 2 aromatic carbocycles. The largest absolute Gasteiger partial charge is 0.464 e. The Morgan fingerprint density at radius 1 is 1.06 bits per heavy atom. The lowest BCUT2D eigenvalue weighted by Crippen LogP contribution is -2.48. The Morgan fingerprint density at radius 3 is 2.39 bits per heavy atom. The predicted octanol–water partition coefficient (Wildman–Crippen LogP) is 5.03. The molecule has 4 rings (SSSR count). The summed E-state index contributed by atoms with van der Waals surface area (Å²) < 4.78 is 9.32. The van der Waals surface area contributed by atoms with Crippen molar-refractivity contribution >= 4 is 57.8 Å². The van der Waals surface area contributed by atoms with Gasteiger partial charge in [0.1, 0.15) is 4.91 Å². The Labute approximate surface area is 205 Å². The molecule has 0 N–H and O–H groups in total. The highest BCUT2D eigenvalue weighted by molar-refractivity contribution is 8.28. The first-order chi connectivity index (χ1) is 15.9. The van der Waals surface area contributed by atoms with E-state index < -0.39 is 16.3 Å². The zero-order valence-electron chi connectivity index (χ0n) is 18.3. The molecule has 2 heterocycles. The number of benzene rings is 2. The van der Waals surface area contributed by atoms with Crippen LogP contribution >= 0.6 is 35.1 Å². The highest BCUT2D eigenvalue weighted by Gasteiger charge is 2.57. The Kier molecular flexibility index (Phi) is 6.92. The van der Waals surface area contributed by atoms with Gasteiger partial charge in [0.2, 0.25) is 9.37 Å². The molecule has 0 amide bonds. The SMILES string of the molecule is CCOC(=O)C1=C(C)N(Cc2ccccc2)C2(SC(C(=O)OC)=NN2c2ccc(Cl)cc2)S1. The van der Waals surface area contributed by atoms with E-state index >= 15 is 0 Å². The first-order valence-corrected chi connectivity index (χ1v) is 12.2. The third kappa shape index (κ3) is 4.45. The van der Waals surface area contributed by atoms with Crippen molar-refractivity contribution in [2.24, 2.45) is 5.10 Å². The van der Waals surface area contributed by atoms with Crippen LogP contribution in [-0.4, -0.2) is 39.9 Å². The van der Waals surface area contributed by atoms with E-state index in [-0.39, 0.29) is 11.7 Å². The van der Waals surface area contributed by atoms with Crippen LogP contribution in [-0.2, 0) is 25.6 Å². The van der Waals surface area contributed by atoms with Gasteiger partial charge in [0, 0.05) is 17.3 Å². The van der Waals surface area contributed by atoms with Gasteiger partial charge in [-0.2, -0.15) is 5.10 Å². The topological polar surface area (TPSA) is 71.4 Å². The molecule has 2 aliphatic heterocycles. The molecule has 2 aliphatic rings. The summed E-state index contributed by atoms with van der Waals surface area (Å²) in [6, 6.07) is 17.1. The van der Waals surface area contributed by atoms with Crippen LogP contribution in [0.4, 0.5) is 5.69 Å². The zero-order valence-corrected chi connectivity index (χ0v) is 20.7. The molecule has 172 valence electrons. The first-order valence-electron chi connectivity index (χ1n) is 10.2. The molecule has 0 aromatic heterocycles. The molecule has 0 aliphatic carbocycles. The second kappa shape index (κ2) is 9.70. The van der Waals surface area contributed by atoms with Crippen molar-refractivity contribution < 1.29 is 19.1 Å². The molecule has 1 unspecified atom stereocenters. The predicted molar refractivity (Wildman–Crippen MR) is 133 cm³/mol. The van der Waals surface area contributed by atoms with E-state index in [1.807, 2.05) is 49.4 Å². The van der Waals surface area contributed by atoms with Gasteiger partial charge >= 0.3 is 11.9 Å². The van der Waals surface area contributed by atoms with E-state index in [1.54, 1.807) is 24.1 Å². The fourth-order valence-electron chi connectivity index (χ4n) is 3.52. The summed E-state index contributed by atoms with van der Waals surface area (Å²) in [5, 5.41) is 7.13. The molecule has 0 bridgehead atoms. The Bertz CT molecular complexity index is 1120. The van der Waals surface area contributed by atoms with Gasteiger partial charge < -0.3 is 14.4 Å². The van der Waals surface area contributed by atoms with Crippen LogP contribution in [0.15, 0.2) is 70.3 Å². The normalized spacial score (nSPS) is 19.8. The number of hydrogen-bond donors (Lipinski definition) is 0. The first kappa shape index (κ1) is 23.5. The summed E-state index contributed by atoms with van der Waals surface area (Å²) in [6.07, 6.45) is 0. The van der Waals surface area contributed by atoms with Gasteiger partial charge in [-0.3, -0.25) is 0 Å². The van der Waals surface area contributed by atoms with Crippen LogP contribution in [0.3, 0.4) is 0 Å². The summed E-state index contributed by atoms with van der Waals surface area (Å²) in [7, 11) is 1.32. The van der Waals surface area contributed by atoms with E-state index in [0.717, 1.165) is 11.3 Å². The van der Waals surface area contributed by atoms with Gasteiger partial charge in [-0.25, -0.2) is 14.6 Å². The molecule has 0 radical (unpaired) electrons. The maximum Gasteiger partial charge on any atom is 0.365 e. The van der Waals surface area contributed by atoms with E-state index in [2.05, 4.69) is 10.0 Å². The summed E-state index contributed by atoms with van der Waals surface area (Å²) in [6.45, 7) is 4.41. The summed E-state index contributed by atoms with van der Waals surface area (Å²) >= 11 is 8.66. The lowest BCUT2D eigenvalue weighted by atomic mass is 10.2. The van der Waals surface area contributed by atoms with Crippen LogP contribution in [0.5, 0.6) is 0 Å². The summed E-state index contributed by atoms with van der Waals surface area (Å²) in [5.41, 5.74) is 2.51. The van der Waals surface area contributed by atoms with Crippen LogP contribution in [0, 0.1) is 0 Å². The van der Waals surface area contributed by atoms with E-state index in [0.29, 0.717) is 22.2 Å². The molecule has 7 nitrogen and oxygen atoms in total. The second-order valence-electron chi connectivity index (χ2n) is 7.14. The molecule has 0 saturated heterocycles. The number of hydrogen-bond acceptors (Lipinski definition) is 9. The number of anilines is 1. The van der Waals surface area contributed by atoms with Gasteiger partial charge in [-0.15, -0.1) is 0 Å². The lowest BCUT2D eigenvalue weighted by molar-refractivity contribution is -0.137. The van der Waals surface area contributed by atoms with Crippen molar-refractivity contribution in [1.29, 1.82) is 0 Å². The second-order valence-corrected chi connectivity index (χ2v) is 10.2. The van der Waals surface area contributed by atoms with Crippen molar-refractivity contribution in [3.63, 3.8) is 0 Å². The van der Waals surface area contributed by atoms with Crippen molar-refractivity contribution in [3.05, 3.63) is 75.8 Å². The summed E-state index contributed by atoms with van der Waals surface area (Å²) in [4.78, 5) is 27.9. The fourth-order valence-corrected chi connectivity index (χ4v) is 6.59.